The highest BCUT2D eigenvalue weighted by molar-refractivity contribution is 7.90. The van der Waals surface area contributed by atoms with E-state index in [9.17, 15) is 13.2 Å². The molecule has 0 aromatic carbocycles. The van der Waals surface area contributed by atoms with Crippen LogP contribution in [-0.4, -0.2) is 46.0 Å². The predicted octanol–water partition coefficient (Wildman–Crippen LogP) is 0.673. The van der Waals surface area contributed by atoms with Crippen LogP contribution in [0, 0.1) is 5.92 Å². The Bertz CT molecular complexity index is 418. The summed E-state index contributed by atoms with van der Waals surface area (Å²) in [5.74, 6) is -1.01. The molecule has 0 heterocycles. The van der Waals surface area contributed by atoms with Gasteiger partial charge in [0, 0.05) is 13.7 Å². The molecule has 1 N–H and O–H groups in total. The van der Waals surface area contributed by atoms with Crippen LogP contribution in [0.25, 0.3) is 0 Å². The number of nitrogens with one attached hydrogen (secondary N) is 1. The van der Waals surface area contributed by atoms with Gasteiger partial charge in [0.05, 0.1) is 23.9 Å². The van der Waals surface area contributed by atoms with Crippen LogP contribution in [-0.2, 0) is 24.3 Å². The topological polar surface area (TPSA) is 81.7 Å². The lowest BCUT2D eigenvalue weighted by Crippen LogP contribution is -2.45. The van der Waals surface area contributed by atoms with Gasteiger partial charge in [0.1, 0.15) is 0 Å². The highest BCUT2D eigenvalue weighted by atomic mass is 32.2. The minimum absolute atomic E-state index is 0.177. The first kappa shape index (κ1) is 16.4. The zero-order chi connectivity index (χ0) is 14.7. The maximum absolute atomic E-state index is 12.3. The van der Waals surface area contributed by atoms with Gasteiger partial charge in [-0.05, 0) is 26.7 Å². The van der Waals surface area contributed by atoms with E-state index in [0.717, 1.165) is 6.42 Å². The van der Waals surface area contributed by atoms with E-state index < -0.39 is 32.8 Å². The lowest BCUT2D eigenvalue weighted by Gasteiger charge is -2.25. The average Bonchev–Trinajstić information content (AvgIpc) is 2.86. The van der Waals surface area contributed by atoms with Crippen LogP contribution in [0.4, 0.5) is 0 Å². The average molecular weight is 293 g/mol. The van der Waals surface area contributed by atoms with E-state index in [0.29, 0.717) is 12.8 Å². The lowest BCUT2D eigenvalue weighted by atomic mass is 10.1. The van der Waals surface area contributed by atoms with Crippen molar-refractivity contribution >= 4 is 16.0 Å². The summed E-state index contributed by atoms with van der Waals surface area (Å²) in [5, 5.41) is -0.701. The van der Waals surface area contributed by atoms with Crippen LogP contribution in [0.1, 0.15) is 33.1 Å². The Balaban J connectivity index is 2.74. The molecule has 0 saturated heterocycles. The molecule has 1 saturated carbocycles. The molecule has 0 aliphatic heterocycles. The molecule has 112 valence electrons. The SMILES string of the molecule is COC(=O)C1CCCC1S(=O)(=O)NCC(C)(C)OC. The van der Waals surface area contributed by atoms with Crippen molar-refractivity contribution in [3.8, 4) is 0 Å². The van der Waals surface area contributed by atoms with Gasteiger partial charge in [0.2, 0.25) is 10.0 Å². The molecule has 19 heavy (non-hydrogen) atoms. The number of carbonyl (C=O) groups excluding carboxylic acids is 1. The first-order valence-corrected chi connectivity index (χ1v) is 7.89. The van der Waals surface area contributed by atoms with Gasteiger partial charge in [0.15, 0.2) is 0 Å². The van der Waals surface area contributed by atoms with E-state index in [-0.39, 0.29) is 6.54 Å². The van der Waals surface area contributed by atoms with Crippen LogP contribution in [0.3, 0.4) is 0 Å². The number of methoxy groups -OCH3 is 2. The fourth-order valence-electron chi connectivity index (χ4n) is 2.17. The maximum Gasteiger partial charge on any atom is 0.310 e. The number of hydrogen-bond acceptors (Lipinski definition) is 5. The standard InChI is InChI=1S/C12H23NO5S/c1-12(2,18-4)8-13-19(15,16)10-7-5-6-9(10)11(14)17-3/h9-10,13H,5-8H2,1-4H3. The van der Waals surface area contributed by atoms with Gasteiger partial charge in [-0.15, -0.1) is 0 Å². The summed E-state index contributed by atoms with van der Waals surface area (Å²) >= 11 is 0. The van der Waals surface area contributed by atoms with Crippen LogP contribution in [0.2, 0.25) is 0 Å². The molecule has 2 unspecified atom stereocenters. The quantitative estimate of drug-likeness (QED) is 0.728. The van der Waals surface area contributed by atoms with Crippen molar-refractivity contribution in [1.82, 2.24) is 4.72 Å². The van der Waals surface area contributed by atoms with E-state index in [1.54, 1.807) is 13.8 Å². The highest BCUT2D eigenvalue weighted by Gasteiger charge is 2.42. The maximum atomic E-state index is 12.3. The minimum atomic E-state index is -3.54. The van der Waals surface area contributed by atoms with Gasteiger partial charge in [0.25, 0.3) is 0 Å². The fraction of sp³-hybridized carbons (Fsp3) is 0.917. The summed E-state index contributed by atoms with van der Waals surface area (Å²) in [6, 6.07) is 0. The van der Waals surface area contributed by atoms with Gasteiger partial charge in [-0.25, -0.2) is 13.1 Å². The molecule has 2 atom stereocenters. The highest BCUT2D eigenvalue weighted by Crippen LogP contribution is 2.31. The van der Waals surface area contributed by atoms with Crippen molar-refractivity contribution in [3.63, 3.8) is 0 Å². The Kier molecular flexibility index (Phi) is 5.34. The summed E-state index contributed by atoms with van der Waals surface area (Å²) in [6.45, 7) is 3.76. The largest absolute Gasteiger partial charge is 0.469 e. The Hall–Kier alpha value is -0.660. The summed E-state index contributed by atoms with van der Waals surface area (Å²) < 4.78 is 36.9. The van der Waals surface area contributed by atoms with Crippen molar-refractivity contribution in [1.29, 1.82) is 0 Å². The number of esters is 1. The molecule has 1 fully saturated rings. The van der Waals surface area contributed by atoms with Gasteiger partial charge in [-0.3, -0.25) is 4.79 Å². The number of sulfonamides is 1. The molecule has 7 heteroatoms. The molecule has 0 amide bonds. The third kappa shape index (κ3) is 4.15. The van der Waals surface area contributed by atoms with Crippen LogP contribution in [0.5, 0.6) is 0 Å². The van der Waals surface area contributed by atoms with Crippen LogP contribution >= 0.6 is 0 Å². The second kappa shape index (κ2) is 6.19. The predicted molar refractivity (Wildman–Crippen MR) is 71.2 cm³/mol. The molecule has 0 aromatic rings. The first-order valence-electron chi connectivity index (χ1n) is 6.35. The zero-order valence-electron chi connectivity index (χ0n) is 11.9. The molecule has 0 radical (unpaired) electrons. The summed E-state index contributed by atoms with van der Waals surface area (Å²) in [6.07, 6.45) is 1.77. The van der Waals surface area contributed by atoms with Gasteiger partial charge in [-0.2, -0.15) is 0 Å². The van der Waals surface area contributed by atoms with Crippen LogP contribution in [0.15, 0.2) is 0 Å². The molecule has 1 rings (SSSR count). The number of hydrogen-bond donors (Lipinski definition) is 1. The molecular weight excluding hydrogens is 270 g/mol. The second-order valence-corrected chi connectivity index (χ2v) is 7.41. The molecule has 1 aliphatic rings. The summed E-state index contributed by atoms with van der Waals surface area (Å²) in [7, 11) is -0.726. The molecule has 0 bridgehead atoms. The van der Waals surface area contributed by atoms with E-state index in [4.69, 9.17) is 4.74 Å². The van der Waals surface area contributed by atoms with Crippen molar-refractivity contribution in [2.75, 3.05) is 20.8 Å². The smallest absolute Gasteiger partial charge is 0.310 e. The lowest BCUT2D eigenvalue weighted by molar-refractivity contribution is -0.145. The zero-order valence-corrected chi connectivity index (χ0v) is 12.7. The molecular formula is C12H23NO5S. The molecule has 1 aliphatic carbocycles. The van der Waals surface area contributed by atoms with Gasteiger partial charge < -0.3 is 9.47 Å². The van der Waals surface area contributed by atoms with E-state index >= 15 is 0 Å². The third-order valence-electron chi connectivity index (χ3n) is 3.61. The summed E-state index contributed by atoms with van der Waals surface area (Å²) in [4.78, 5) is 11.6. The Morgan fingerprint density at radius 2 is 1.95 bits per heavy atom. The monoisotopic (exact) mass is 293 g/mol. The normalized spacial score (nSPS) is 24.4. The van der Waals surface area contributed by atoms with Gasteiger partial charge >= 0.3 is 5.97 Å². The molecule has 0 aromatic heterocycles. The number of carbonyl (C=O) groups is 1. The van der Waals surface area contributed by atoms with Crippen molar-refractivity contribution < 1.29 is 22.7 Å². The Morgan fingerprint density at radius 1 is 1.32 bits per heavy atom. The van der Waals surface area contributed by atoms with E-state index in [2.05, 4.69) is 9.46 Å². The molecule has 0 spiro atoms. The van der Waals surface area contributed by atoms with E-state index in [1.807, 2.05) is 0 Å². The Morgan fingerprint density at radius 3 is 2.47 bits per heavy atom. The van der Waals surface area contributed by atoms with Crippen LogP contribution < -0.4 is 4.72 Å². The van der Waals surface area contributed by atoms with E-state index in [1.165, 1.54) is 14.2 Å². The summed E-state index contributed by atoms with van der Waals surface area (Å²) in [5.41, 5.74) is -0.577. The second-order valence-electron chi connectivity index (χ2n) is 5.43. The Labute approximate surface area is 114 Å². The first-order chi connectivity index (χ1) is 8.73. The van der Waals surface area contributed by atoms with Crippen molar-refractivity contribution in [2.24, 2.45) is 5.92 Å². The number of ether oxygens (including phenoxy) is 2. The molecule has 6 nitrogen and oxygen atoms in total. The third-order valence-corrected chi connectivity index (χ3v) is 5.51. The fourth-order valence-corrected chi connectivity index (χ4v) is 4.09. The van der Waals surface area contributed by atoms with Crippen molar-refractivity contribution in [3.05, 3.63) is 0 Å². The number of rotatable bonds is 6. The van der Waals surface area contributed by atoms with Crippen molar-refractivity contribution in [2.45, 2.75) is 44.0 Å². The minimum Gasteiger partial charge on any atom is -0.469 e. The van der Waals surface area contributed by atoms with Gasteiger partial charge in [-0.1, -0.05) is 6.42 Å².